The highest BCUT2D eigenvalue weighted by atomic mass is 16.5. The number of urea groups is 1. The van der Waals surface area contributed by atoms with Crippen molar-refractivity contribution in [2.75, 3.05) is 13.7 Å². The average Bonchev–Trinajstić information content (AvgIpc) is 3.42. The molecule has 0 spiro atoms. The molecule has 2 atom stereocenters. The lowest BCUT2D eigenvalue weighted by Crippen LogP contribution is -2.54. The summed E-state index contributed by atoms with van der Waals surface area (Å²) in [6, 6.07) is 11.0. The molecule has 0 aromatic heterocycles. The van der Waals surface area contributed by atoms with E-state index in [0.717, 1.165) is 5.56 Å². The van der Waals surface area contributed by atoms with Crippen molar-refractivity contribution in [1.29, 1.82) is 0 Å². The van der Waals surface area contributed by atoms with Crippen molar-refractivity contribution in [3.8, 4) is 17.6 Å². The number of fused-ring (bicyclic) bond motifs is 1. The summed E-state index contributed by atoms with van der Waals surface area (Å²) in [4.78, 5) is 63.8. The smallest absolute Gasteiger partial charge is 0.323 e. The number of carbonyl (C=O) groups excluding carboxylic acids is 5. The molecule has 3 aliphatic heterocycles. The van der Waals surface area contributed by atoms with E-state index in [1.807, 2.05) is 0 Å². The fourth-order valence-corrected chi connectivity index (χ4v) is 4.64. The third kappa shape index (κ3) is 3.81. The van der Waals surface area contributed by atoms with Gasteiger partial charge in [0.25, 0.3) is 17.7 Å². The Labute approximate surface area is 212 Å². The molecule has 3 aliphatic rings. The first-order valence-corrected chi connectivity index (χ1v) is 11.4. The molecule has 2 saturated heterocycles. The molecule has 1 unspecified atom stereocenters. The maximum atomic E-state index is 13.0. The standard InChI is InChI=1S/C27H22N4O6/c1-15-21(32)26(2,29-22(15)33)18-7-4-16(5-8-18)10-11-27(24(35)28-25(36)30-27)14-31-13-17-6-9-19(37-3)12-20(17)23(31)34/h4-9,12H,1,13-14H2,2-3H3,(H,29,33)(H2,28,30,35,36)/t26?,27-/m1/s1. The van der Waals surface area contributed by atoms with Crippen molar-refractivity contribution in [2.45, 2.75) is 24.5 Å². The summed E-state index contributed by atoms with van der Waals surface area (Å²) in [7, 11) is 1.51. The van der Waals surface area contributed by atoms with Gasteiger partial charge in [-0.1, -0.05) is 36.6 Å². The molecule has 10 heteroatoms. The van der Waals surface area contributed by atoms with Crippen LogP contribution in [0.25, 0.3) is 0 Å². The van der Waals surface area contributed by atoms with Crippen LogP contribution in [0.4, 0.5) is 4.79 Å². The van der Waals surface area contributed by atoms with E-state index in [2.05, 4.69) is 34.4 Å². The van der Waals surface area contributed by atoms with Crippen LogP contribution >= 0.6 is 0 Å². The van der Waals surface area contributed by atoms with E-state index < -0.39 is 34.7 Å². The van der Waals surface area contributed by atoms with E-state index in [4.69, 9.17) is 4.74 Å². The third-order valence-corrected chi connectivity index (χ3v) is 6.81. The van der Waals surface area contributed by atoms with Crippen molar-refractivity contribution in [1.82, 2.24) is 20.9 Å². The van der Waals surface area contributed by atoms with E-state index in [1.54, 1.807) is 49.4 Å². The summed E-state index contributed by atoms with van der Waals surface area (Å²) in [5.74, 6) is 4.39. The molecule has 186 valence electrons. The van der Waals surface area contributed by atoms with Crippen LogP contribution < -0.4 is 20.7 Å². The van der Waals surface area contributed by atoms with Crippen LogP contribution in [0.2, 0.25) is 0 Å². The van der Waals surface area contributed by atoms with E-state index in [1.165, 1.54) is 12.0 Å². The predicted octanol–water partition coefficient (Wildman–Crippen LogP) is 0.751. The molecule has 2 aromatic carbocycles. The Bertz CT molecular complexity index is 1480. The quantitative estimate of drug-likeness (QED) is 0.247. The second kappa shape index (κ2) is 8.34. The zero-order valence-corrected chi connectivity index (χ0v) is 20.1. The lowest BCUT2D eigenvalue weighted by molar-refractivity contribution is -0.122. The van der Waals surface area contributed by atoms with E-state index in [9.17, 15) is 24.0 Å². The number of hydrogen-bond donors (Lipinski definition) is 3. The number of methoxy groups -OCH3 is 1. The molecule has 5 rings (SSSR count). The van der Waals surface area contributed by atoms with Gasteiger partial charge in [0, 0.05) is 17.7 Å². The molecular weight excluding hydrogens is 476 g/mol. The SMILES string of the molecule is C=C1C(=O)NC(C)(c2ccc(C#C[C@]3(CN4Cc5ccc(OC)cc5C4=O)NC(=O)NC3=O)cc2)C1=O. The minimum Gasteiger partial charge on any atom is -0.497 e. The summed E-state index contributed by atoms with van der Waals surface area (Å²) >= 11 is 0. The first-order valence-electron chi connectivity index (χ1n) is 11.4. The van der Waals surface area contributed by atoms with E-state index in [0.29, 0.717) is 22.4 Å². The van der Waals surface area contributed by atoms with E-state index >= 15 is 0 Å². The highest BCUT2D eigenvalue weighted by Gasteiger charge is 2.49. The molecular formula is C27H22N4O6. The van der Waals surface area contributed by atoms with E-state index in [-0.39, 0.29) is 24.6 Å². The van der Waals surface area contributed by atoms with Gasteiger partial charge in [-0.15, -0.1) is 0 Å². The minimum absolute atomic E-state index is 0.103. The number of nitrogens with one attached hydrogen (secondary N) is 3. The molecule has 2 fully saturated rings. The Kier molecular flexibility index (Phi) is 5.37. The number of nitrogens with zero attached hydrogens (tertiary/aromatic N) is 1. The molecule has 0 radical (unpaired) electrons. The number of hydrogen-bond acceptors (Lipinski definition) is 6. The second-order valence-corrected chi connectivity index (χ2v) is 9.21. The number of rotatable bonds is 4. The first-order chi connectivity index (χ1) is 17.6. The van der Waals surface area contributed by atoms with Crippen molar-refractivity contribution in [3.05, 3.63) is 76.9 Å². The number of benzene rings is 2. The van der Waals surface area contributed by atoms with Gasteiger partial charge < -0.3 is 20.3 Å². The van der Waals surface area contributed by atoms with Crippen molar-refractivity contribution in [3.63, 3.8) is 0 Å². The fourth-order valence-electron chi connectivity index (χ4n) is 4.64. The van der Waals surface area contributed by atoms with Gasteiger partial charge in [-0.25, -0.2) is 4.79 Å². The van der Waals surface area contributed by atoms with Crippen molar-refractivity contribution in [2.24, 2.45) is 0 Å². The summed E-state index contributed by atoms with van der Waals surface area (Å²) in [6.45, 7) is 5.22. The molecule has 0 bridgehead atoms. The van der Waals surface area contributed by atoms with Gasteiger partial charge in [-0.3, -0.25) is 24.5 Å². The third-order valence-electron chi connectivity index (χ3n) is 6.81. The molecule has 5 amide bonds. The predicted molar refractivity (Wildman–Crippen MR) is 130 cm³/mol. The van der Waals surface area contributed by atoms with Gasteiger partial charge in [-0.2, -0.15) is 0 Å². The molecule has 10 nitrogen and oxygen atoms in total. The normalized spacial score (nSPS) is 24.3. The lowest BCUT2D eigenvalue weighted by atomic mass is 9.88. The molecule has 3 heterocycles. The van der Waals surface area contributed by atoms with Crippen LogP contribution in [0.1, 0.15) is 34.0 Å². The monoisotopic (exact) mass is 498 g/mol. The van der Waals surface area contributed by atoms with Gasteiger partial charge in [-0.05, 0) is 42.3 Å². The average molecular weight is 498 g/mol. The Morgan fingerprint density at radius 1 is 1.05 bits per heavy atom. The lowest BCUT2D eigenvalue weighted by Gasteiger charge is -2.26. The summed E-state index contributed by atoms with van der Waals surface area (Å²) in [6.07, 6.45) is 0. The first kappa shape index (κ1) is 23.8. The van der Waals surface area contributed by atoms with Gasteiger partial charge in [0.05, 0.1) is 19.2 Å². The minimum atomic E-state index is -1.66. The van der Waals surface area contributed by atoms with Gasteiger partial charge >= 0.3 is 6.03 Å². The molecule has 37 heavy (non-hydrogen) atoms. The topological polar surface area (TPSA) is 134 Å². The number of carbonyl (C=O) groups is 5. The van der Waals surface area contributed by atoms with Crippen LogP contribution in [-0.2, 0) is 26.5 Å². The van der Waals surface area contributed by atoms with Crippen LogP contribution in [0.15, 0.2) is 54.6 Å². The number of imide groups is 1. The van der Waals surface area contributed by atoms with Crippen LogP contribution in [0.3, 0.4) is 0 Å². The van der Waals surface area contributed by atoms with Crippen LogP contribution in [0, 0.1) is 11.8 Å². The maximum Gasteiger partial charge on any atom is 0.323 e. The molecule has 3 N–H and O–H groups in total. The Balaban J connectivity index is 1.41. The zero-order valence-electron chi connectivity index (χ0n) is 20.1. The maximum absolute atomic E-state index is 13.0. The largest absolute Gasteiger partial charge is 0.497 e. The van der Waals surface area contributed by atoms with Crippen LogP contribution in [0.5, 0.6) is 5.75 Å². The van der Waals surface area contributed by atoms with Gasteiger partial charge in [0.1, 0.15) is 11.3 Å². The van der Waals surface area contributed by atoms with Gasteiger partial charge in [0.2, 0.25) is 5.54 Å². The van der Waals surface area contributed by atoms with Crippen molar-refractivity contribution < 1.29 is 28.7 Å². The number of ether oxygens (including phenoxy) is 1. The Morgan fingerprint density at radius 3 is 2.38 bits per heavy atom. The Morgan fingerprint density at radius 2 is 1.78 bits per heavy atom. The van der Waals surface area contributed by atoms with Crippen molar-refractivity contribution >= 4 is 29.5 Å². The molecule has 0 aliphatic carbocycles. The highest BCUT2D eigenvalue weighted by Crippen LogP contribution is 2.31. The second-order valence-electron chi connectivity index (χ2n) is 9.21. The number of ketones is 1. The van der Waals surface area contributed by atoms with Gasteiger partial charge in [0.15, 0.2) is 5.78 Å². The summed E-state index contributed by atoms with van der Waals surface area (Å²) in [5.41, 5.74) is -0.699. The number of amides is 5. The van der Waals surface area contributed by atoms with Crippen LogP contribution in [-0.4, -0.2) is 53.6 Å². The highest BCUT2D eigenvalue weighted by molar-refractivity contribution is 6.27. The summed E-state index contributed by atoms with van der Waals surface area (Å²) < 4.78 is 5.20. The molecule has 0 saturated carbocycles. The number of Topliss-reactive ketones (excluding diaryl/α,β-unsaturated/α-hetero) is 1. The summed E-state index contributed by atoms with van der Waals surface area (Å²) in [5, 5.41) is 7.42. The zero-order chi connectivity index (χ0) is 26.5. The Hall–Kier alpha value is -4.91. The fraction of sp³-hybridized carbons (Fsp3) is 0.222. The molecule has 2 aromatic rings.